The molecule has 1 aromatic heterocycles. The number of phenols is 1. The molecule has 0 aliphatic rings. The molecule has 0 fully saturated rings. The Hall–Kier alpha value is -2.81. The first-order valence-corrected chi connectivity index (χ1v) is 7.58. The molecule has 2 aromatic rings. The van der Waals surface area contributed by atoms with E-state index in [1.165, 1.54) is 24.4 Å². The zero-order chi connectivity index (χ0) is 16.8. The average molecular weight is 334 g/mol. The molecule has 0 bridgehead atoms. The molecule has 0 radical (unpaired) electrons. The molecule has 0 spiro atoms. The smallest absolute Gasteiger partial charge is 0.261 e. The van der Waals surface area contributed by atoms with Crippen LogP contribution in [0.2, 0.25) is 0 Å². The Morgan fingerprint density at radius 1 is 1.35 bits per heavy atom. The Kier molecular flexibility index (Phi) is 5.36. The highest BCUT2D eigenvalue weighted by atomic mass is 32.1. The maximum atomic E-state index is 12.2. The molecule has 0 aliphatic carbocycles. The van der Waals surface area contributed by atoms with Gasteiger partial charge in [0.15, 0.2) is 10.1 Å². The molecule has 3 N–H and O–H groups in total. The maximum Gasteiger partial charge on any atom is 0.261 e. The van der Waals surface area contributed by atoms with Crippen LogP contribution in [0.3, 0.4) is 0 Å². The summed E-state index contributed by atoms with van der Waals surface area (Å²) in [5.74, 6) is -1.02. The molecule has 120 valence electrons. The zero-order valence-corrected chi connectivity index (χ0v) is 13.0. The second-order valence-corrected chi connectivity index (χ2v) is 5.59. The lowest BCUT2D eigenvalue weighted by Crippen LogP contribution is -2.14. The number of carbonyl (C=O) groups excluding carboxylic acids is 2. The Labute approximate surface area is 135 Å². The number of aromatic hydroxyl groups is 1. The number of anilines is 2. The standard InChI is InChI=1S/C14H14N4O4S/c1-2-3-11(20)16-8-4-5-10(19)9(6-8)13(21)17-14-15-7-12(18-22)23-14/h4-7,19H,2-3H2,1H3,(H,16,20)(H,15,17,21). The van der Waals surface area contributed by atoms with Crippen molar-refractivity contribution < 1.29 is 14.7 Å². The van der Waals surface area contributed by atoms with Gasteiger partial charge in [-0.1, -0.05) is 18.3 Å². The van der Waals surface area contributed by atoms with E-state index in [1.54, 1.807) is 0 Å². The molecular weight excluding hydrogens is 320 g/mol. The van der Waals surface area contributed by atoms with Crippen molar-refractivity contribution >= 4 is 39.0 Å². The number of nitrogens with one attached hydrogen (secondary N) is 2. The van der Waals surface area contributed by atoms with Gasteiger partial charge in [-0.2, -0.15) is 0 Å². The first kappa shape index (κ1) is 16.6. The van der Waals surface area contributed by atoms with Gasteiger partial charge < -0.3 is 10.4 Å². The normalized spacial score (nSPS) is 10.1. The van der Waals surface area contributed by atoms with Crippen molar-refractivity contribution in [1.82, 2.24) is 4.98 Å². The van der Waals surface area contributed by atoms with E-state index < -0.39 is 5.91 Å². The molecule has 1 heterocycles. The van der Waals surface area contributed by atoms with E-state index in [0.29, 0.717) is 18.5 Å². The number of nitroso groups, excluding NO2 is 1. The molecule has 2 rings (SSSR count). The highest BCUT2D eigenvalue weighted by Crippen LogP contribution is 2.27. The molecule has 9 heteroatoms. The molecule has 2 amide bonds. The summed E-state index contributed by atoms with van der Waals surface area (Å²) in [6.07, 6.45) is 2.30. The summed E-state index contributed by atoms with van der Waals surface area (Å²) in [5.41, 5.74) is 0.385. The van der Waals surface area contributed by atoms with E-state index in [-0.39, 0.29) is 27.4 Å². The monoisotopic (exact) mass is 334 g/mol. The number of thiazole rings is 1. The minimum atomic E-state index is -0.610. The molecule has 0 saturated carbocycles. The van der Waals surface area contributed by atoms with Crippen LogP contribution in [0.15, 0.2) is 29.6 Å². The molecule has 1 aromatic carbocycles. The summed E-state index contributed by atoms with van der Waals surface area (Å²) in [4.78, 5) is 37.9. The largest absolute Gasteiger partial charge is 0.507 e. The van der Waals surface area contributed by atoms with Crippen LogP contribution >= 0.6 is 11.3 Å². The number of nitrogens with zero attached hydrogens (tertiary/aromatic N) is 2. The number of benzene rings is 1. The molecule has 8 nitrogen and oxygen atoms in total. The third kappa shape index (κ3) is 4.33. The van der Waals surface area contributed by atoms with Crippen LogP contribution in [0.4, 0.5) is 15.8 Å². The van der Waals surface area contributed by atoms with Crippen molar-refractivity contribution in [2.24, 2.45) is 5.18 Å². The fraction of sp³-hybridized carbons (Fsp3) is 0.214. The van der Waals surface area contributed by atoms with Crippen molar-refractivity contribution in [3.8, 4) is 5.75 Å². The molecule has 23 heavy (non-hydrogen) atoms. The van der Waals surface area contributed by atoms with Gasteiger partial charge >= 0.3 is 0 Å². The third-order valence-corrected chi connectivity index (χ3v) is 3.60. The van der Waals surface area contributed by atoms with Crippen molar-refractivity contribution in [1.29, 1.82) is 0 Å². The lowest BCUT2D eigenvalue weighted by molar-refractivity contribution is -0.116. The summed E-state index contributed by atoms with van der Waals surface area (Å²) < 4.78 is 0. The number of rotatable bonds is 6. The quantitative estimate of drug-likeness (QED) is 0.553. The predicted molar refractivity (Wildman–Crippen MR) is 87.2 cm³/mol. The topological polar surface area (TPSA) is 121 Å². The Balaban J connectivity index is 2.15. The van der Waals surface area contributed by atoms with Crippen molar-refractivity contribution in [2.75, 3.05) is 10.6 Å². The van der Waals surface area contributed by atoms with E-state index in [2.05, 4.69) is 20.8 Å². The fourth-order valence-corrected chi connectivity index (χ4v) is 2.37. The second-order valence-electron chi connectivity index (χ2n) is 4.58. The summed E-state index contributed by atoms with van der Waals surface area (Å²) in [7, 11) is 0. The summed E-state index contributed by atoms with van der Waals surface area (Å²) >= 11 is 0.910. The van der Waals surface area contributed by atoms with Crippen LogP contribution in [0.25, 0.3) is 0 Å². The lowest BCUT2D eigenvalue weighted by atomic mass is 10.1. The lowest BCUT2D eigenvalue weighted by Gasteiger charge is -2.08. The Morgan fingerprint density at radius 3 is 2.78 bits per heavy atom. The van der Waals surface area contributed by atoms with E-state index in [9.17, 15) is 19.6 Å². The van der Waals surface area contributed by atoms with E-state index >= 15 is 0 Å². The van der Waals surface area contributed by atoms with Crippen LogP contribution in [0.1, 0.15) is 30.1 Å². The number of hydrogen-bond donors (Lipinski definition) is 3. The summed E-state index contributed by atoms with van der Waals surface area (Å²) in [6, 6.07) is 4.18. The molecule has 0 saturated heterocycles. The Bertz CT molecular complexity index is 744. The highest BCUT2D eigenvalue weighted by molar-refractivity contribution is 7.19. The van der Waals surface area contributed by atoms with Crippen LogP contribution < -0.4 is 10.6 Å². The Morgan fingerprint density at radius 2 is 2.13 bits per heavy atom. The predicted octanol–water partition coefficient (Wildman–Crippen LogP) is 3.24. The van der Waals surface area contributed by atoms with Gasteiger partial charge in [0.25, 0.3) is 5.91 Å². The van der Waals surface area contributed by atoms with Crippen LogP contribution in [0.5, 0.6) is 5.75 Å². The van der Waals surface area contributed by atoms with Gasteiger partial charge in [-0.15, -0.1) is 4.91 Å². The van der Waals surface area contributed by atoms with Crippen LogP contribution in [0, 0.1) is 4.91 Å². The number of aromatic nitrogens is 1. The molecule has 0 aliphatic heterocycles. The van der Waals surface area contributed by atoms with Gasteiger partial charge in [0.1, 0.15) is 5.75 Å². The van der Waals surface area contributed by atoms with E-state index in [1.807, 2.05) is 6.92 Å². The number of carbonyl (C=O) groups is 2. The first-order chi connectivity index (χ1) is 11.0. The van der Waals surface area contributed by atoms with Gasteiger partial charge in [0.05, 0.1) is 11.8 Å². The second kappa shape index (κ2) is 7.45. The van der Waals surface area contributed by atoms with Crippen molar-refractivity contribution in [3.63, 3.8) is 0 Å². The molecule has 0 atom stereocenters. The molecule has 0 unspecified atom stereocenters. The first-order valence-electron chi connectivity index (χ1n) is 6.77. The number of phenolic OH excluding ortho intramolecular Hbond substituents is 1. The number of hydrogen-bond acceptors (Lipinski definition) is 7. The highest BCUT2D eigenvalue weighted by Gasteiger charge is 2.15. The van der Waals surface area contributed by atoms with Crippen LogP contribution in [-0.4, -0.2) is 21.9 Å². The van der Waals surface area contributed by atoms with Crippen molar-refractivity contribution in [2.45, 2.75) is 19.8 Å². The number of amides is 2. The van der Waals surface area contributed by atoms with Gasteiger partial charge in [0.2, 0.25) is 5.91 Å². The minimum Gasteiger partial charge on any atom is -0.507 e. The van der Waals surface area contributed by atoms with Gasteiger partial charge in [-0.25, -0.2) is 4.98 Å². The van der Waals surface area contributed by atoms with E-state index in [4.69, 9.17) is 0 Å². The summed E-state index contributed by atoms with van der Waals surface area (Å²) in [6.45, 7) is 1.88. The third-order valence-electron chi connectivity index (χ3n) is 2.81. The van der Waals surface area contributed by atoms with Gasteiger partial charge in [-0.05, 0) is 29.8 Å². The van der Waals surface area contributed by atoms with Gasteiger partial charge in [-0.3, -0.25) is 14.9 Å². The zero-order valence-electron chi connectivity index (χ0n) is 12.2. The maximum absolute atomic E-state index is 12.2. The fourth-order valence-electron chi connectivity index (χ4n) is 1.78. The molecular formula is C14H14N4O4S. The summed E-state index contributed by atoms with van der Waals surface area (Å²) in [5, 5.41) is 17.9. The van der Waals surface area contributed by atoms with E-state index in [0.717, 1.165) is 11.3 Å². The SMILES string of the molecule is CCCC(=O)Nc1ccc(O)c(C(=O)Nc2ncc(N=O)s2)c1. The average Bonchev–Trinajstić information content (AvgIpc) is 2.97. The van der Waals surface area contributed by atoms with Crippen molar-refractivity contribution in [3.05, 3.63) is 34.9 Å². The minimum absolute atomic E-state index is 0.0184. The van der Waals surface area contributed by atoms with Crippen LogP contribution in [-0.2, 0) is 4.79 Å². The van der Waals surface area contributed by atoms with Gasteiger partial charge in [0, 0.05) is 12.1 Å².